The van der Waals surface area contributed by atoms with Crippen LogP contribution in [0.5, 0.6) is 5.75 Å². The summed E-state index contributed by atoms with van der Waals surface area (Å²) in [5.41, 5.74) is 0. The van der Waals surface area contributed by atoms with Crippen molar-refractivity contribution < 1.29 is 19.4 Å². The van der Waals surface area contributed by atoms with Gasteiger partial charge in [-0.1, -0.05) is 0 Å². The lowest BCUT2D eigenvalue weighted by Gasteiger charge is -2.22. The molecule has 5 heteroatoms. The van der Waals surface area contributed by atoms with E-state index in [4.69, 9.17) is 14.6 Å². The van der Waals surface area contributed by atoms with Crippen molar-refractivity contribution in [1.29, 1.82) is 0 Å². The second-order valence-corrected chi connectivity index (χ2v) is 4.66. The molecule has 0 amide bonds. The molecule has 1 unspecified atom stereocenters. The Morgan fingerprint density at radius 2 is 2.50 bits per heavy atom. The Labute approximate surface area is 97.8 Å². The molecule has 1 N–H and O–H groups in total. The number of hydrogen-bond donors (Lipinski definition) is 1. The summed E-state index contributed by atoms with van der Waals surface area (Å²) >= 11 is 1.18. The zero-order valence-electron chi connectivity index (χ0n) is 8.85. The minimum atomic E-state index is -0.909. The predicted octanol–water partition coefficient (Wildman–Crippen LogP) is 2.39. The van der Waals surface area contributed by atoms with Gasteiger partial charge >= 0.3 is 5.97 Å². The lowest BCUT2D eigenvalue weighted by atomic mass is 10.1. The van der Waals surface area contributed by atoms with Gasteiger partial charge in [0.1, 0.15) is 17.2 Å². The Balaban J connectivity index is 1.81. The topological polar surface area (TPSA) is 55.8 Å². The number of carboxylic acid groups (broad SMARTS) is 1. The molecule has 4 nitrogen and oxygen atoms in total. The first-order chi connectivity index (χ1) is 7.75. The molecular formula is C11H14O4S. The fourth-order valence-corrected chi connectivity index (χ4v) is 2.30. The summed E-state index contributed by atoms with van der Waals surface area (Å²) < 4.78 is 11.0. The van der Waals surface area contributed by atoms with Crippen LogP contribution in [0.3, 0.4) is 0 Å². The minimum absolute atomic E-state index is 0.155. The maximum absolute atomic E-state index is 10.7. The maximum atomic E-state index is 10.7. The molecule has 1 saturated heterocycles. The zero-order valence-corrected chi connectivity index (χ0v) is 9.66. The van der Waals surface area contributed by atoms with Gasteiger partial charge in [-0.3, -0.25) is 0 Å². The fourth-order valence-electron chi connectivity index (χ4n) is 1.63. The summed E-state index contributed by atoms with van der Waals surface area (Å²) in [7, 11) is 0. The molecule has 1 fully saturated rings. The summed E-state index contributed by atoms with van der Waals surface area (Å²) in [5.74, 6) is -0.287. The van der Waals surface area contributed by atoms with Crippen LogP contribution in [0.25, 0.3) is 0 Å². The van der Waals surface area contributed by atoms with Crippen molar-refractivity contribution in [3.63, 3.8) is 0 Å². The Bertz CT molecular complexity index is 355. The van der Waals surface area contributed by atoms with E-state index in [2.05, 4.69) is 0 Å². The van der Waals surface area contributed by atoms with Gasteiger partial charge in [-0.05, 0) is 19.3 Å². The number of carbonyl (C=O) groups is 1. The highest BCUT2D eigenvalue weighted by molar-refractivity contribution is 7.12. The van der Waals surface area contributed by atoms with Crippen LogP contribution in [-0.2, 0) is 4.74 Å². The fraction of sp³-hybridized carbons (Fsp3) is 0.545. The highest BCUT2D eigenvalue weighted by Gasteiger charge is 2.15. The van der Waals surface area contributed by atoms with Crippen LogP contribution in [0.15, 0.2) is 11.4 Å². The lowest BCUT2D eigenvalue weighted by molar-refractivity contribution is -0.0109. The highest BCUT2D eigenvalue weighted by Crippen LogP contribution is 2.22. The molecule has 1 atom stereocenters. The number of rotatable bonds is 4. The molecule has 1 aliphatic rings. The third-order valence-corrected chi connectivity index (χ3v) is 3.39. The number of ether oxygens (including phenoxy) is 2. The Kier molecular flexibility index (Phi) is 3.79. The SMILES string of the molecule is O=C(O)c1cc(OCC2CCCCO2)cs1. The molecule has 16 heavy (non-hydrogen) atoms. The molecular weight excluding hydrogens is 228 g/mol. The minimum Gasteiger partial charge on any atom is -0.490 e. The van der Waals surface area contributed by atoms with E-state index in [-0.39, 0.29) is 6.10 Å². The molecule has 1 aliphatic heterocycles. The third-order valence-electron chi connectivity index (χ3n) is 2.50. The first-order valence-corrected chi connectivity index (χ1v) is 6.20. The standard InChI is InChI=1S/C11H14O4S/c12-11(13)10-5-9(7-16-10)15-6-8-3-1-2-4-14-8/h5,7-8H,1-4,6H2,(H,12,13). The van der Waals surface area contributed by atoms with E-state index >= 15 is 0 Å². The molecule has 88 valence electrons. The Morgan fingerprint density at radius 1 is 1.62 bits per heavy atom. The molecule has 0 aliphatic carbocycles. The van der Waals surface area contributed by atoms with Gasteiger partial charge in [0.25, 0.3) is 0 Å². The number of aromatic carboxylic acids is 1. The average Bonchev–Trinajstić information content (AvgIpc) is 2.76. The van der Waals surface area contributed by atoms with E-state index in [1.165, 1.54) is 17.8 Å². The number of hydrogen-bond acceptors (Lipinski definition) is 4. The highest BCUT2D eigenvalue weighted by atomic mass is 32.1. The van der Waals surface area contributed by atoms with Gasteiger partial charge in [0.15, 0.2) is 0 Å². The Morgan fingerprint density at radius 3 is 3.12 bits per heavy atom. The van der Waals surface area contributed by atoms with Crippen molar-refractivity contribution in [2.75, 3.05) is 13.2 Å². The molecule has 1 aromatic heterocycles. The third kappa shape index (κ3) is 2.96. The molecule has 0 aromatic carbocycles. The van der Waals surface area contributed by atoms with Crippen molar-refractivity contribution in [3.8, 4) is 5.75 Å². The van der Waals surface area contributed by atoms with Gasteiger partial charge in [0.2, 0.25) is 0 Å². The number of carboxylic acids is 1. The maximum Gasteiger partial charge on any atom is 0.346 e. The van der Waals surface area contributed by atoms with Crippen molar-refractivity contribution in [2.24, 2.45) is 0 Å². The van der Waals surface area contributed by atoms with E-state index in [0.717, 1.165) is 19.4 Å². The monoisotopic (exact) mass is 242 g/mol. The summed E-state index contributed by atoms with van der Waals surface area (Å²) in [6, 6.07) is 1.55. The van der Waals surface area contributed by atoms with Gasteiger partial charge in [0, 0.05) is 18.1 Å². The summed E-state index contributed by atoms with van der Waals surface area (Å²) in [5, 5.41) is 10.5. The average molecular weight is 242 g/mol. The van der Waals surface area contributed by atoms with Crippen LogP contribution in [0.4, 0.5) is 0 Å². The largest absolute Gasteiger partial charge is 0.490 e. The van der Waals surface area contributed by atoms with Crippen LogP contribution in [-0.4, -0.2) is 30.4 Å². The van der Waals surface area contributed by atoms with Crippen molar-refractivity contribution >= 4 is 17.3 Å². The van der Waals surface area contributed by atoms with Gasteiger partial charge in [-0.15, -0.1) is 11.3 Å². The lowest BCUT2D eigenvalue weighted by Crippen LogP contribution is -2.25. The number of thiophene rings is 1. The van der Waals surface area contributed by atoms with E-state index in [1.54, 1.807) is 11.4 Å². The zero-order chi connectivity index (χ0) is 11.4. The normalized spacial score (nSPS) is 20.6. The molecule has 0 saturated carbocycles. The van der Waals surface area contributed by atoms with Gasteiger partial charge < -0.3 is 14.6 Å². The van der Waals surface area contributed by atoms with Crippen molar-refractivity contribution in [3.05, 3.63) is 16.3 Å². The van der Waals surface area contributed by atoms with Gasteiger partial charge in [0.05, 0.1) is 6.10 Å². The molecule has 0 radical (unpaired) electrons. The second kappa shape index (κ2) is 5.32. The molecule has 0 bridgehead atoms. The summed E-state index contributed by atoms with van der Waals surface area (Å²) in [4.78, 5) is 11.0. The first-order valence-electron chi connectivity index (χ1n) is 5.32. The molecule has 1 aromatic rings. The van der Waals surface area contributed by atoms with Crippen LogP contribution >= 0.6 is 11.3 Å². The summed E-state index contributed by atoms with van der Waals surface area (Å²) in [6.07, 6.45) is 3.48. The second-order valence-electron chi connectivity index (χ2n) is 3.75. The summed E-state index contributed by atoms with van der Waals surface area (Å²) in [6.45, 7) is 1.31. The Hall–Kier alpha value is -1.07. The molecule has 2 heterocycles. The van der Waals surface area contributed by atoms with E-state index in [1.807, 2.05) is 0 Å². The van der Waals surface area contributed by atoms with E-state index < -0.39 is 5.97 Å². The van der Waals surface area contributed by atoms with Crippen molar-refractivity contribution in [1.82, 2.24) is 0 Å². The van der Waals surface area contributed by atoms with Gasteiger partial charge in [-0.25, -0.2) is 4.79 Å². The van der Waals surface area contributed by atoms with E-state index in [0.29, 0.717) is 17.2 Å². The van der Waals surface area contributed by atoms with Crippen molar-refractivity contribution in [2.45, 2.75) is 25.4 Å². The first kappa shape index (κ1) is 11.4. The van der Waals surface area contributed by atoms with Crippen LogP contribution in [0, 0.1) is 0 Å². The smallest absolute Gasteiger partial charge is 0.346 e. The van der Waals surface area contributed by atoms with Gasteiger partial charge in [-0.2, -0.15) is 0 Å². The molecule has 0 spiro atoms. The van der Waals surface area contributed by atoms with Crippen LogP contribution in [0.1, 0.15) is 28.9 Å². The quantitative estimate of drug-likeness (QED) is 0.880. The molecule has 2 rings (SSSR count). The van der Waals surface area contributed by atoms with Crippen LogP contribution in [0.2, 0.25) is 0 Å². The van der Waals surface area contributed by atoms with E-state index in [9.17, 15) is 4.79 Å². The predicted molar refractivity (Wildman–Crippen MR) is 60.4 cm³/mol. The van der Waals surface area contributed by atoms with Crippen LogP contribution < -0.4 is 4.74 Å².